The van der Waals surface area contributed by atoms with Crippen LogP contribution in [0.5, 0.6) is 0 Å². The van der Waals surface area contributed by atoms with Crippen molar-refractivity contribution >= 4 is 5.69 Å². The zero-order valence-electron chi connectivity index (χ0n) is 10.1. The number of aromatic nitrogens is 1. The molecule has 3 nitrogen and oxygen atoms in total. The normalized spacial score (nSPS) is 21.5. The second-order valence-corrected chi connectivity index (χ2v) is 4.84. The number of aliphatic hydroxyl groups is 1. The predicted molar refractivity (Wildman–Crippen MR) is 65.8 cm³/mol. The lowest BCUT2D eigenvalue weighted by atomic mass is 10.1. The van der Waals surface area contributed by atoms with E-state index in [0.29, 0.717) is 5.92 Å². The summed E-state index contributed by atoms with van der Waals surface area (Å²) in [4.78, 5) is 6.67. The third-order valence-corrected chi connectivity index (χ3v) is 3.12. The molecule has 0 amide bonds. The van der Waals surface area contributed by atoms with Crippen molar-refractivity contribution in [2.75, 3.05) is 18.0 Å². The van der Waals surface area contributed by atoms with Crippen LogP contribution in [0.15, 0.2) is 18.3 Å². The van der Waals surface area contributed by atoms with Crippen LogP contribution in [-0.4, -0.2) is 29.3 Å². The first kappa shape index (κ1) is 11.4. The molecule has 1 atom stereocenters. The van der Waals surface area contributed by atoms with E-state index in [1.165, 1.54) is 0 Å². The van der Waals surface area contributed by atoms with Crippen LogP contribution in [0.1, 0.15) is 38.3 Å². The molecule has 0 radical (unpaired) electrons. The van der Waals surface area contributed by atoms with E-state index in [0.717, 1.165) is 37.3 Å². The second-order valence-electron chi connectivity index (χ2n) is 4.84. The van der Waals surface area contributed by atoms with Crippen LogP contribution >= 0.6 is 0 Å². The number of piperidine rings is 1. The maximum Gasteiger partial charge on any atom is 0.0715 e. The Hall–Kier alpha value is -1.09. The Morgan fingerprint density at radius 1 is 1.44 bits per heavy atom. The van der Waals surface area contributed by atoms with Crippen molar-refractivity contribution in [2.24, 2.45) is 0 Å². The Labute approximate surface area is 97.1 Å². The first-order valence-corrected chi connectivity index (χ1v) is 6.06. The van der Waals surface area contributed by atoms with Gasteiger partial charge in [-0.25, -0.2) is 0 Å². The number of anilines is 1. The Morgan fingerprint density at radius 2 is 2.25 bits per heavy atom. The van der Waals surface area contributed by atoms with Crippen LogP contribution in [-0.2, 0) is 0 Å². The van der Waals surface area contributed by atoms with Gasteiger partial charge in [0.1, 0.15) is 0 Å². The monoisotopic (exact) mass is 220 g/mol. The zero-order valence-corrected chi connectivity index (χ0v) is 10.1. The van der Waals surface area contributed by atoms with Crippen molar-refractivity contribution in [3.63, 3.8) is 0 Å². The van der Waals surface area contributed by atoms with E-state index in [-0.39, 0.29) is 6.10 Å². The summed E-state index contributed by atoms with van der Waals surface area (Å²) in [5.74, 6) is 0.473. The third-order valence-electron chi connectivity index (χ3n) is 3.12. The lowest BCUT2D eigenvalue weighted by Crippen LogP contribution is -2.38. The van der Waals surface area contributed by atoms with E-state index < -0.39 is 0 Å². The maximum atomic E-state index is 9.62. The third kappa shape index (κ3) is 2.53. The molecule has 0 spiro atoms. The van der Waals surface area contributed by atoms with E-state index >= 15 is 0 Å². The molecule has 0 aliphatic carbocycles. The molecule has 3 heteroatoms. The fourth-order valence-corrected chi connectivity index (χ4v) is 2.12. The number of aliphatic hydroxyl groups excluding tert-OH is 1. The van der Waals surface area contributed by atoms with Crippen molar-refractivity contribution < 1.29 is 5.11 Å². The van der Waals surface area contributed by atoms with E-state index in [4.69, 9.17) is 0 Å². The molecule has 1 fully saturated rings. The van der Waals surface area contributed by atoms with Crippen LogP contribution in [0.2, 0.25) is 0 Å². The first-order chi connectivity index (χ1) is 7.66. The highest BCUT2D eigenvalue weighted by molar-refractivity contribution is 5.45. The highest BCUT2D eigenvalue weighted by atomic mass is 16.3. The van der Waals surface area contributed by atoms with Gasteiger partial charge in [-0.3, -0.25) is 4.98 Å². The van der Waals surface area contributed by atoms with Crippen LogP contribution in [0.25, 0.3) is 0 Å². The van der Waals surface area contributed by atoms with Gasteiger partial charge in [0, 0.05) is 18.8 Å². The summed E-state index contributed by atoms with van der Waals surface area (Å²) in [6.07, 6.45) is 3.73. The first-order valence-electron chi connectivity index (χ1n) is 6.06. The van der Waals surface area contributed by atoms with Crippen molar-refractivity contribution in [3.8, 4) is 0 Å². The van der Waals surface area contributed by atoms with Gasteiger partial charge in [-0.05, 0) is 30.9 Å². The fraction of sp³-hybridized carbons (Fsp3) is 0.615. The van der Waals surface area contributed by atoms with Gasteiger partial charge in [0.15, 0.2) is 0 Å². The molecule has 1 aromatic rings. The highest BCUT2D eigenvalue weighted by Gasteiger charge is 2.18. The maximum absolute atomic E-state index is 9.62. The summed E-state index contributed by atoms with van der Waals surface area (Å²) in [6.45, 7) is 6.06. The predicted octanol–water partition coefficient (Wildman–Crippen LogP) is 2.17. The van der Waals surface area contributed by atoms with E-state index in [2.05, 4.69) is 35.9 Å². The number of hydrogen-bond donors (Lipinski definition) is 1. The summed E-state index contributed by atoms with van der Waals surface area (Å²) in [5, 5.41) is 9.62. The van der Waals surface area contributed by atoms with Gasteiger partial charge in [-0.2, -0.15) is 0 Å². The van der Waals surface area contributed by atoms with Crippen molar-refractivity contribution in [1.82, 2.24) is 4.98 Å². The van der Waals surface area contributed by atoms with Gasteiger partial charge in [-0.15, -0.1) is 0 Å². The van der Waals surface area contributed by atoms with Gasteiger partial charge in [0.05, 0.1) is 18.0 Å². The molecule has 1 aromatic heterocycles. The fourth-order valence-electron chi connectivity index (χ4n) is 2.12. The smallest absolute Gasteiger partial charge is 0.0715 e. The van der Waals surface area contributed by atoms with E-state index in [1.54, 1.807) is 0 Å². The van der Waals surface area contributed by atoms with Crippen molar-refractivity contribution in [1.29, 1.82) is 0 Å². The van der Waals surface area contributed by atoms with Gasteiger partial charge in [0.25, 0.3) is 0 Å². The van der Waals surface area contributed by atoms with E-state index in [9.17, 15) is 5.11 Å². The summed E-state index contributed by atoms with van der Waals surface area (Å²) < 4.78 is 0. The second kappa shape index (κ2) is 4.83. The number of hydrogen-bond acceptors (Lipinski definition) is 3. The lowest BCUT2D eigenvalue weighted by molar-refractivity contribution is 0.154. The standard InChI is InChI=1S/C13H20N2O/c1-10(2)13-6-5-11(8-14-13)15-7-3-4-12(16)9-15/h5-6,8,10,12,16H,3-4,7,9H2,1-2H3. The van der Waals surface area contributed by atoms with Crippen molar-refractivity contribution in [2.45, 2.75) is 38.7 Å². The molecule has 1 aliphatic heterocycles. The van der Waals surface area contributed by atoms with Gasteiger partial charge >= 0.3 is 0 Å². The molecule has 16 heavy (non-hydrogen) atoms. The molecule has 0 saturated carbocycles. The zero-order chi connectivity index (χ0) is 11.5. The number of nitrogens with zero attached hydrogens (tertiary/aromatic N) is 2. The molecule has 1 saturated heterocycles. The van der Waals surface area contributed by atoms with Gasteiger partial charge in [0.2, 0.25) is 0 Å². The van der Waals surface area contributed by atoms with Crippen LogP contribution in [0.3, 0.4) is 0 Å². The number of pyridine rings is 1. The van der Waals surface area contributed by atoms with Crippen molar-refractivity contribution in [3.05, 3.63) is 24.0 Å². The molecule has 1 unspecified atom stereocenters. The Kier molecular flexibility index (Phi) is 3.44. The van der Waals surface area contributed by atoms with E-state index in [1.807, 2.05) is 6.20 Å². The van der Waals surface area contributed by atoms with Crippen LogP contribution in [0.4, 0.5) is 5.69 Å². The molecule has 0 aromatic carbocycles. The molecule has 88 valence electrons. The minimum atomic E-state index is -0.182. The highest BCUT2D eigenvalue weighted by Crippen LogP contribution is 2.21. The molecule has 0 bridgehead atoms. The van der Waals surface area contributed by atoms with Crippen LogP contribution in [0, 0.1) is 0 Å². The SMILES string of the molecule is CC(C)c1ccc(N2CCCC(O)C2)cn1. The lowest BCUT2D eigenvalue weighted by Gasteiger charge is -2.31. The molecule has 2 rings (SSSR count). The molecular weight excluding hydrogens is 200 g/mol. The topological polar surface area (TPSA) is 36.4 Å². The molecule has 1 N–H and O–H groups in total. The number of β-amino-alcohol motifs (C(OH)–C–C–N with tert-alkyl or cyclic N) is 1. The molecular formula is C13H20N2O. The largest absolute Gasteiger partial charge is 0.391 e. The minimum absolute atomic E-state index is 0.182. The summed E-state index contributed by atoms with van der Waals surface area (Å²) >= 11 is 0. The van der Waals surface area contributed by atoms with Crippen LogP contribution < -0.4 is 4.90 Å². The summed E-state index contributed by atoms with van der Waals surface area (Å²) in [6, 6.07) is 4.20. The molecule has 2 heterocycles. The van der Waals surface area contributed by atoms with Gasteiger partial charge in [-0.1, -0.05) is 13.8 Å². The Morgan fingerprint density at radius 3 is 2.81 bits per heavy atom. The Bertz CT molecular complexity index is 334. The quantitative estimate of drug-likeness (QED) is 0.829. The summed E-state index contributed by atoms with van der Waals surface area (Å²) in [5.41, 5.74) is 2.25. The molecule has 1 aliphatic rings. The minimum Gasteiger partial charge on any atom is -0.391 e. The average molecular weight is 220 g/mol. The van der Waals surface area contributed by atoms with Gasteiger partial charge < -0.3 is 10.0 Å². The average Bonchev–Trinajstić information content (AvgIpc) is 2.29. The Balaban J connectivity index is 2.09. The summed E-state index contributed by atoms with van der Waals surface area (Å²) in [7, 11) is 0. The number of rotatable bonds is 2.